The van der Waals surface area contributed by atoms with Crippen molar-refractivity contribution in [1.82, 2.24) is 4.90 Å². The average molecular weight is 303 g/mol. The fourth-order valence-corrected chi connectivity index (χ4v) is 2.53. The summed E-state index contributed by atoms with van der Waals surface area (Å²) in [5, 5.41) is 9.32. The van der Waals surface area contributed by atoms with Gasteiger partial charge in [-0.05, 0) is 25.8 Å². The highest BCUT2D eigenvalue weighted by atomic mass is 16.5. The Morgan fingerprint density at radius 3 is 2.29 bits per heavy atom. The van der Waals surface area contributed by atoms with Crippen molar-refractivity contribution in [2.24, 2.45) is 0 Å². The molecule has 0 aliphatic carbocycles. The minimum absolute atomic E-state index is 0.265. The maximum atomic E-state index is 9.32. The summed E-state index contributed by atoms with van der Waals surface area (Å²) in [7, 11) is 0. The van der Waals surface area contributed by atoms with Gasteiger partial charge in [-0.25, -0.2) is 0 Å². The number of likely N-dealkylation sites (tertiary alicyclic amines) is 1. The second kappa shape index (κ2) is 13.5. The summed E-state index contributed by atoms with van der Waals surface area (Å²) in [5.74, 6) is 0. The van der Waals surface area contributed by atoms with E-state index >= 15 is 0 Å². The van der Waals surface area contributed by atoms with Crippen molar-refractivity contribution in [3.63, 3.8) is 0 Å². The topological polar surface area (TPSA) is 51.2 Å². The van der Waals surface area contributed by atoms with E-state index in [2.05, 4.69) is 11.8 Å². The highest BCUT2D eigenvalue weighted by Gasteiger charge is 2.20. The Bertz CT molecular complexity index is 228. The molecule has 1 atom stereocenters. The summed E-state index contributed by atoms with van der Waals surface area (Å²) < 4.78 is 16.4. The van der Waals surface area contributed by atoms with Gasteiger partial charge in [-0.1, -0.05) is 19.8 Å². The predicted octanol–water partition coefficient (Wildman–Crippen LogP) is 1.68. The first-order valence-corrected chi connectivity index (χ1v) is 8.46. The van der Waals surface area contributed by atoms with Gasteiger partial charge in [0.25, 0.3) is 0 Å². The van der Waals surface area contributed by atoms with Crippen LogP contribution in [0.3, 0.4) is 0 Å². The van der Waals surface area contributed by atoms with E-state index in [4.69, 9.17) is 14.2 Å². The Labute approximate surface area is 129 Å². The number of unbranched alkanes of at least 4 members (excludes halogenated alkanes) is 1. The van der Waals surface area contributed by atoms with Crippen LogP contribution in [0.25, 0.3) is 0 Å². The Morgan fingerprint density at radius 2 is 1.62 bits per heavy atom. The van der Waals surface area contributed by atoms with Crippen LogP contribution >= 0.6 is 0 Å². The van der Waals surface area contributed by atoms with Crippen molar-refractivity contribution >= 4 is 0 Å². The third kappa shape index (κ3) is 9.42. The monoisotopic (exact) mass is 303 g/mol. The number of nitrogens with zero attached hydrogens (tertiary/aromatic N) is 1. The highest BCUT2D eigenvalue weighted by Crippen LogP contribution is 2.15. The van der Waals surface area contributed by atoms with Crippen molar-refractivity contribution in [3.8, 4) is 0 Å². The van der Waals surface area contributed by atoms with E-state index in [9.17, 15) is 5.11 Å². The molecule has 0 saturated carbocycles. The molecule has 0 aromatic carbocycles. The smallest absolute Gasteiger partial charge is 0.0701 e. The van der Waals surface area contributed by atoms with Crippen LogP contribution in [-0.2, 0) is 14.2 Å². The van der Waals surface area contributed by atoms with Gasteiger partial charge in [0.15, 0.2) is 0 Å². The van der Waals surface area contributed by atoms with Gasteiger partial charge in [0.05, 0.1) is 39.6 Å². The summed E-state index contributed by atoms with van der Waals surface area (Å²) in [4.78, 5) is 2.34. The first-order valence-electron chi connectivity index (χ1n) is 8.46. The fraction of sp³-hybridized carbons (Fsp3) is 1.00. The zero-order chi connectivity index (χ0) is 15.2. The zero-order valence-electron chi connectivity index (χ0n) is 13.6. The number of hydrogen-bond donors (Lipinski definition) is 1. The lowest BCUT2D eigenvalue weighted by molar-refractivity contribution is 0.00278. The fourth-order valence-electron chi connectivity index (χ4n) is 2.53. The largest absolute Gasteiger partial charge is 0.395 e. The van der Waals surface area contributed by atoms with E-state index in [-0.39, 0.29) is 6.61 Å². The molecule has 5 heteroatoms. The molecule has 1 fully saturated rings. The molecule has 1 N–H and O–H groups in total. The van der Waals surface area contributed by atoms with Crippen LogP contribution in [0.15, 0.2) is 0 Å². The number of aliphatic hydroxyl groups is 1. The van der Waals surface area contributed by atoms with Gasteiger partial charge in [-0.2, -0.15) is 0 Å². The standard InChI is InChI=1S/C16H33NO4/c1-2-3-9-19-11-13-21-14-12-20-10-8-17-7-5-4-6-16(17)15-18/h16,18H,2-15H2,1H3. The van der Waals surface area contributed by atoms with Crippen LogP contribution in [-0.4, -0.2) is 75.4 Å². The SMILES string of the molecule is CCCCOCCOCCOCCN1CCCCC1CO. The van der Waals surface area contributed by atoms with Crippen LogP contribution in [0.4, 0.5) is 0 Å². The third-order valence-corrected chi connectivity index (χ3v) is 3.87. The molecule has 1 aliphatic rings. The lowest BCUT2D eigenvalue weighted by atomic mass is 10.0. The average Bonchev–Trinajstić information content (AvgIpc) is 2.53. The second-order valence-electron chi connectivity index (χ2n) is 5.56. The summed E-state index contributed by atoms with van der Waals surface area (Å²) in [6, 6.07) is 0.332. The minimum atomic E-state index is 0.265. The Kier molecular flexibility index (Phi) is 12.1. The second-order valence-corrected chi connectivity index (χ2v) is 5.56. The van der Waals surface area contributed by atoms with Crippen LogP contribution in [0, 0.1) is 0 Å². The van der Waals surface area contributed by atoms with Crippen molar-refractivity contribution in [3.05, 3.63) is 0 Å². The maximum Gasteiger partial charge on any atom is 0.0701 e. The molecule has 21 heavy (non-hydrogen) atoms. The first kappa shape index (κ1) is 18.8. The Balaban J connectivity index is 1.83. The lowest BCUT2D eigenvalue weighted by Crippen LogP contribution is -2.43. The summed E-state index contributed by atoms with van der Waals surface area (Å²) in [6.45, 7) is 8.53. The Morgan fingerprint density at radius 1 is 0.952 bits per heavy atom. The molecule has 1 rings (SSSR count). The quantitative estimate of drug-likeness (QED) is 0.525. The highest BCUT2D eigenvalue weighted by molar-refractivity contribution is 4.75. The maximum absolute atomic E-state index is 9.32. The molecule has 1 saturated heterocycles. The molecule has 0 aromatic rings. The van der Waals surface area contributed by atoms with E-state index in [1.54, 1.807) is 0 Å². The van der Waals surface area contributed by atoms with Crippen LogP contribution in [0.1, 0.15) is 39.0 Å². The third-order valence-electron chi connectivity index (χ3n) is 3.87. The van der Waals surface area contributed by atoms with Gasteiger partial charge >= 0.3 is 0 Å². The predicted molar refractivity (Wildman–Crippen MR) is 83.7 cm³/mol. The van der Waals surface area contributed by atoms with Gasteiger partial charge in [0.1, 0.15) is 0 Å². The molecule has 1 heterocycles. The van der Waals surface area contributed by atoms with Crippen molar-refractivity contribution in [2.75, 3.05) is 59.3 Å². The van der Waals surface area contributed by atoms with E-state index in [0.29, 0.717) is 39.1 Å². The van der Waals surface area contributed by atoms with Crippen LogP contribution in [0.2, 0.25) is 0 Å². The van der Waals surface area contributed by atoms with Gasteiger partial charge in [0.2, 0.25) is 0 Å². The minimum Gasteiger partial charge on any atom is -0.395 e. The van der Waals surface area contributed by atoms with Crippen molar-refractivity contribution < 1.29 is 19.3 Å². The number of hydrogen-bond acceptors (Lipinski definition) is 5. The molecule has 1 aliphatic heterocycles. The molecule has 0 amide bonds. The van der Waals surface area contributed by atoms with Gasteiger partial charge in [-0.15, -0.1) is 0 Å². The molecule has 0 spiro atoms. The van der Waals surface area contributed by atoms with E-state index in [1.807, 2.05) is 0 Å². The number of piperidine rings is 1. The number of ether oxygens (including phenoxy) is 3. The van der Waals surface area contributed by atoms with E-state index < -0.39 is 0 Å². The number of aliphatic hydroxyl groups excluding tert-OH is 1. The molecule has 0 aromatic heterocycles. The molecular formula is C16H33NO4. The zero-order valence-corrected chi connectivity index (χ0v) is 13.6. The molecule has 0 bridgehead atoms. The first-order chi connectivity index (χ1) is 10.4. The number of rotatable bonds is 13. The summed E-state index contributed by atoms with van der Waals surface area (Å²) in [6.07, 6.45) is 5.86. The molecule has 126 valence electrons. The van der Waals surface area contributed by atoms with Crippen LogP contribution < -0.4 is 0 Å². The normalized spacial score (nSPS) is 20.0. The molecule has 0 radical (unpaired) electrons. The van der Waals surface area contributed by atoms with Gasteiger partial charge < -0.3 is 19.3 Å². The molecule has 1 unspecified atom stereocenters. The van der Waals surface area contributed by atoms with Crippen molar-refractivity contribution in [2.45, 2.75) is 45.1 Å². The summed E-state index contributed by atoms with van der Waals surface area (Å²) >= 11 is 0. The molecule has 5 nitrogen and oxygen atoms in total. The van der Waals surface area contributed by atoms with Gasteiger partial charge in [-0.3, -0.25) is 4.90 Å². The Hall–Kier alpha value is -0.200. The van der Waals surface area contributed by atoms with Gasteiger partial charge in [0, 0.05) is 19.2 Å². The lowest BCUT2D eigenvalue weighted by Gasteiger charge is -2.34. The van der Waals surface area contributed by atoms with Crippen molar-refractivity contribution in [1.29, 1.82) is 0 Å². The van der Waals surface area contributed by atoms with Crippen LogP contribution in [0.5, 0.6) is 0 Å². The van der Waals surface area contributed by atoms with E-state index in [0.717, 1.165) is 32.5 Å². The summed E-state index contributed by atoms with van der Waals surface area (Å²) in [5.41, 5.74) is 0. The van der Waals surface area contributed by atoms with E-state index in [1.165, 1.54) is 19.3 Å². The molecular weight excluding hydrogens is 270 g/mol.